The number of hydrogen-bond donors (Lipinski definition) is 2. The summed E-state index contributed by atoms with van der Waals surface area (Å²) in [4.78, 5) is 0.192. The summed E-state index contributed by atoms with van der Waals surface area (Å²) in [6.45, 7) is 3.59. The summed E-state index contributed by atoms with van der Waals surface area (Å²) in [5, 5.41) is 0. The van der Waals surface area contributed by atoms with E-state index in [0.717, 1.165) is 25.7 Å². The first-order chi connectivity index (χ1) is 9.88. The second-order valence-electron chi connectivity index (χ2n) is 5.89. The molecule has 6 heteroatoms. The van der Waals surface area contributed by atoms with Crippen LogP contribution in [0.5, 0.6) is 5.75 Å². The Morgan fingerprint density at radius 3 is 2.67 bits per heavy atom. The lowest BCUT2D eigenvalue weighted by Crippen LogP contribution is -2.34. The van der Waals surface area contributed by atoms with E-state index in [0.29, 0.717) is 5.75 Å². The van der Waals surface area contributed by atoms with E-state index in [1.54, 1.807) is 38.1 Å². The van der Waals surface area contributed by atoms with Gasteiger partial charge in [0.1, 0.15) is 16.7 Å². The zero-order chi connectivity index (χ0) is 15.5. The first kappa shape index (κ1) is 16.3. The van der Waals surface area contributed by atoms with E-state index in [1.807, 2.05) is 0 Å². The molecule has 5 nitrogen and oxygen atoms in total. The fourth-order valence-electron chi connectivity index (χ4n) is 2.61. The monoisotopic (exact) mass is 312 g/mol. The third-order valence-electron chi connectivity index (χ3n) is 3.49. The molecule has 0 saturated heterocycles. The van der Waals surface area contributed by atoms with Crippen molar-refractivity contribution in [3.8, 4) is 5.75 Å². The first-order valence-corrected chi connectivity index (χ1v) is 8.90. The van der Waals surface area contributed by atoms with Gasteiger partial charge in [-0.05, 0) is 51.7 Å². The minimum Gasteiger partial charge on any atom is -0.489 e. The molecular weight excluding hydrogens is 288 g/mol. The number of rotatable bonds is 5. The quantitative estimate of drug-likeness (QED) is 0.871. The van der Waals surface area contributed by atoms with Crippen molar-refractivity contribution in [3.63, 3.8) is 0 Å². The van der Waals surface area contributed by atoms with Crippen LogP contribution >= 0.6 is 0 Å². The van der Waals surface area contributed by atoms with E-state index in [2.05, 4.69) is 4.72 Å². The molecule has 1 saturated carbocycles. The molecule has 0 amide bonds. The number of benzene rings is 1. The Hall–Kier alpha value is -1.11. The molecule has 0 bridgehead atoms. The summed E-state index contributed by atoms with van der Waals surface area (Å²) in [6.07, 6.45) is 3.70. The molecule has 0 heterocycles. The summed E-state index contributed by atoms with van der Waals surface area (Å²) < 4.78 is 33.2. The Morgan fingerprint density at radius 1 is 1.29 bits per heavy atom. The Kier molecular flexibility index (Phi) is 5.24. The fourth-order valence-corrected chi connectivity index (χ4v) is 4.00. The van der Waals surface area contributed by atoms with E-state index in [1.165, 1.54) is 0 Å². The number of nitrogens with two attached hydrogens (primary N) is 1. The van der Waals surface area contributed by atoms with Gasteiger partial charge in [0, 0.05) is 12.1 Å². The van der Waals surface area contributed by atoms with Gasteiger partial charge < -0.3 is 10.5 Å². The number of nitrogens with one attached hydrogen (secondary N) is 1. The number of ether oxygens (including phenoxy) is 1. The third kappa shape index (κ3) is 4.43. The van der Waals surface area contributed by atoms with Gasteiger partial charge in [-0.3, -0.25) is 0 Å². The van der Waals surface area contributed by atoms with Crippen molar-refractivity contribution in [3.05, 3.63) is 24.3 Å². The standard InChI is InChI=1S/C15H24N2O3S/c1-11(2)17-21(18,19)15-9-4-3-8-14(15)20-13-7-5-6-12(16)10-13/h3-4,8-9,11-13,17H,5-7,10,16H2,1-2H3. The van der Waals surface area contributed by atoms with Crippen LogP contribution in [0.15, 0.2) is 29.2 Å². The normalized spacial score (nSPS) is 23.2. The van der Waals surface area contributed by atoms with Crippen LogP contribution in [0.1, 0.15) is 39.5 Å². The van der Waals surface area contributed by atoms with Gasteiger partial charge in [0.2, 0.25) is 10.0 Å². The summed E-state index contributed by atoms with van der Waals surface area (Å²) >= 11 is 0. The van der Waals surface area contributed by atoms with Gasteiger partial charge >= 0.3 is 0 Å². The van der Waals surface area contributed by atoms with Gasteiger partial charge in [-0.2, -0.15) is 0 Å². The highest BCUT2D eigenvalue weighted by molar-refractivity contribution is 7.89. The summed E-state index contributed by atoms with van der Waals surface area (Å²) in [5.74, 6) is 0.407. The molecule has 118 valence electrons. The average molecular weight is 312 g/mol. The molecule has 0 spiro atoms. The molecule has 3 N–H and O–H groups in total. The predicted molar refractivity (Wildman–Crippen MR) is 82.8 cm³/mol. The van der Waals surface area contributed by atoms with Crippen molar-refractivity contribution in [2.24, 2.45) is 5.73 Å². The number of hydrogen-bond acceptors (Lipinski definition) is 4. The Bertz CT molecular complexity index is 572. The van der Waals surface area contributed by atoms with E-state index in [-0.39, 0.29) is 23.1 Å². The molecule has 0 aliphatic heterocycles. The van der Waals surface area contributed by atoms with Crippen molar-refractivity contribution >= 4 is 10.0 Å². The highest BCUT2D eigenvalue weighted by atomic mass is 32.2. The Balaban J connectivity index is 2.21. The minimum atomic E-state index is -3.56. The van der Waals surface area contributed by atoms with Gasteiger partial charge in [-0.15, -0.1) is 0 Å². The molecule has 1 aliphatic rings. The minimum absolute atomic E-state index is 0.0100. The van der Waals surface area contributed by atoms with Crippen molar-refractivity contribution in [1.29, 1.82) is 0 Å². The lowest BCUT2D eigenvalue weighted by molar-refractivity contribution is 0.140. The molecule has 0 radical (unpaired) electrons. The van der Waals surface area contributed by atoms with Crippen LogP contribution in [-0.4, -0.2) is 26.6 Å². The van der Waals surface area contributed by atoms with E-state index >= 15 is 0 Å². The third-order valence-corrected chi connectivity index (χ3v) is 5.19. The van der Waals surface area contributed by atoms with Crippen LogP contribution in [0.2, 0.25) is 0 Å². The number of sulfonamides is 1. The zero-order valence-corrected chi connectivity index (χ0v) is 13.4. The van der Waals surface area contributed by atoms with Gasteiger partial charge in [-0.25, -0.2) is 13.1 Å². The number of para-hydroxylation sites is 1. The van der Waals surface area contributed by atoms with Gasteiger partial charge in [0.25, 0.3) is 0 Å². The zero-order valence-electron chi connectivity index (χ0n) is 12.6. The average Bonchev–Trinajstić information content (AvgIpc) is 2.37. The Labute approximate surface area is 126 Å². The van der Waals surface area contributed by atoms with E-state index in [4.69, 9.17) is 10.5 Å². The largest absolute Gasteiger partial charge is 0.489 e. The van der Waals surface area contributed by atoms with Crippen LogP contribution < -0.4 is 15.2 Å². The molecule has 0 aromatic heterocycles. The molecule has 2 unspecified atom stereocenters. The van der Waals surface area contributed by atoms with Gasteiger partial charge in [-0.1, -0.05) is 12.1 Å². The van der Waals surface area contributed by atoms with Crippen molar-refractivity contribution in [2.45, 2.75) is 62.6 Å². The van der Waals surface area contributed by atoms with Crippen molar-refractivity contribution in [1.82, 2.24) is 4.72 Å². The fraction of sp³-hybridized carbons (Fsp3) is 0.600. The smallest absolute Gasteiger partial charge is 0.244 e. The Morgan fingerprint density at radius 2 is 2.00 bits per heavy atom. The first-order valence-electron chi connectivity index (χ1n) is 7.42. The van der Waals surface area contributed by atoms with Crippen LogP contribution in [0.25, 0.3) is 0 Å². The van der Waals surface area contributed by atoms with Crippen molar-refractivity contribution in [2.75, 3.05) is 0 Å². The van der Waals surface area contributed by atoms with Crippen LogP contribution in [-0.2, 0) is 10.0 Å². The summed E-state index contributed by atoms with van der Waals surface area (Å²) in [7, 11) is -3.56. The topological polar surface area (TPSA) is 81.4 Å². The second kappa shape index (κ2) is 6.77. The van der Waals surface area contributed by atoms with Gasteiger partial charge in [0.15, 0.2) is 0 Å². The van der Waals surface area contributed by atoms with Gasteiger partial charge in [0.05, 0.1) is 0 Å². The van der Waals surface area contributed by atoms with Crippen molar-refractivity contribution < 1.29 is 13.2 Å². The summed E-state index contributed by atoms with van der Waals surface area (Å²) in [5.41, 5.74) is 5.96. The predicted octanol–water partition coefficient (Wildman–Crippen LogP) is 2.02. The molecule has 21 heavy (non-hydrogen) atoms. The maximum atomic E-state index is 12.4. The highest BCUT2D eigenvalue weighted by Gasteiger charge is 2.25. The lowest BCUT2D eigenvalue weighted by Gasteiger charge is -2.28. The molecule has 2 rings (SSSR count). The molecule has 1 fully saturated rings. The molecule has 1 aromatic carbocycles. The van der Waals surface area contributed by atoms with Crippen LogP contribution in [0, 0.1) is 0 Å². The van der Waals surface area contributed by atoms with E-state index < -0.39 is 10.0 Å². The molecular formula is C15H24N2O3S. The van der Waals surface area contributed by atoms with E-state index in [9.17, 15) is 8.42 Å². The van der Waals surface area contributed by atoms with Crippen LogP contribution in [0.4, 0.5) is 0 Å². The second-order valence-corrected chi connectivity index (χ2v) is 7.57. The molecule has 1 aromatic rings. The maximum absolute atomic E-state index is 12.4. The lowest BCUT2D eigenvalue weighted by atomic mass is 9.93. The molecule has 1 aliphatic carbocycles. The summed E-state index contributed by atoms with van der Waals surface area (Å²) in [6, 6.07) is 6.74. The highest BCUT2D eigenvalue weighted by Crippen LogP contribution is 2.28. The molecule has 2 atom stereocenters. The van der Waals surface area contributed by atoms with Crippen LogP contribution in [0.3, 0.4) is 0 Å². The SMILES string of the molecule is CC(C)NS(=O)(=O)c1ccccc1OC1CCCC(N)C1. The maximum Gasteiger partial charge on any atom is 0.244 e.